The third kappa shape index (κ3) is 3.35. The Kier molecular flexibility index (Phi) is 4.22. The van der Waals surface area contributed by atoms with Crippen molar-refractivity contribution in [3.8, 4) is 11.1 Å². The summed E-state index contributed by atoms with van der Waals surface area (Å²) in [6.45, 7) is 0. The molecule has 22 heavy (non-hydrogen) atoms. The summed E-state index contributed by atoms with van der Waals surface area (Å²) >= 11 is 5.82. The Hall–Kier alpha value is -2.58. The molecule has 0 spiro atoms. The van der Waals surface area contributed by atoms with Gasteiger partial charge in [0.25, 0.3) is 0 Å². The zero-order valence-corrected chi connectivity index (χ0v) is 12.6. The van der Waals surface area contributed by atoms with Crippen molar-refractivity contribution in [2.45, 2.75) is 0 Å². The highest BCUT2D eigenvalue weighted by Crippen LogP contribution is 2.19. The van der Waals surface area contributed by atoms with Gasteiger partial charge < -0.3 is 5.21 Å². The lowest BCUT2D eigenvalue weighted by Crippen LogP contribution is -1.98. The molecule has 3 rings (SSSR count). The summed E-state index contributed by atoms with van der Waals surface area (Å²) in [6, 6.07) is 24.8. The number of benzene rings is 3. The summed E-state index contributed by atoms with van der Waals surface area (Å²) < 4.78 is 0.841. The fourth-order valence-electron chi connectivity index (χ4n) is 2.19. The lowest BCUT2D eigenvalue weighted by atomic mass is 10.0. The monoisotopic (exact) mass is 307 g/mol. The third-order valence-corrected chi connectivity index (χ3v) is 3.62. The molecule has 0 bridgehead atoms. The Morgan fingerprint density at radius 3 is 1.95 bits per heavy atom. The molecule has 0 atom stereocenters. The van der Waals surface area contributed by atoms with E-state index in [2.05, 4.69) is 12.1 Å². The van der Waals surface area contributed by atoms with E-state index in [1.165, 1.54) is 0 Å². The molecular formula is C19H14ClNO. The van der Waals surface area contributed by atoms with Crippen molar-refractivity contribution in [2.24, 2.45) is 0 Å². The van der Waals surface area contributed by atoms with Crippen LogP contribution in [-0.4, -0.2) is 11.0 Å². The minimum absolute atomic E-state index is 0.552. The van der Waals surface area contributed by atoms with Crippen LogP contribution in [0, 0.1) is 5.21 Å². The fraction of sp³-hybridized carbons (Fsp3) is 0. The van der Waals surface area contributed by atoms with E-state index in [9.17, 15) is 5.21 Å². The Morgan fingerprint density at radius 2 is 1.32 bits per heavy atom. The second-order valence-corrected chi connectivity index (χ2v) is 5.36. The molecule has 3 aromatic carbocycles. The normalized spacial score (nSPS) is 11.4. The topological polar surface area (TPSA) is 26.1 Å². The average Bonchev–Trinajstić information content (AvgIpc) is 2.57. The molecule has 0 aliphatic carbocycles. The molecule has 0 aliphatic heterocycles. The van der Waals surface area contributed by atoms with Crippen molar-refractivity contribution in [3.05, 3.63) is 94.7 Å². The van der Waals surface area contributed by atoms with Gasteiger partial charge in [-0.1, -0.05) is 54.1 Å². The van der Waals surface area contributed by atoms with Crippen LogP contribution < -0.4 is 0 Å². The minimum Gasteiger partial charge on any atom is -0.618 e. The van der Waals surface area contributed by atoms with Gasteiger partial charge in [-0.3, -0.25) is 0 Å². The fourth-order valence-corrected chi connectivity index (χ4v) is 2.32. The van der Waals surface area contributed by atoms with Gasteiger partial charge >= 0.3 is 0 Å². The Bertz CT molecular complexity index is 778. The molecule has 108 valence electrons. The molecule has 0 unspecified atom stereocenters. The van der Waals surface area contributed by atoms with Gasteiger partial charge in [-0.15, -0.1) is 0 Å². The zero-order chi connectivity index (χ0) is 15.4. The van der Waals surface area contributed by atoms with Crippen LogP contribution in [0.25, 0.3) is 11.1 Å². The van der Waals surface area contributed by atoms with Crippen LogP contribution in [0.3, 0.4) is 0 Å². The molecule has 2 nitrogen and oxygen atoms in total. The molecule has 0 amide bonds. The van der Waals surface area contributed by atoms with Gasteiger partial charge in [0.2, 0.25) is 5.69 Å². The van der Waals surface area contributed by atoms with E-state index in [0.29, 0.717) is 10.7 Å². The maximum absolute atomic E-state index is 12.1. The zero-order valence-electron chi connectivity index (χ0n) is 11.8. The molecule has 0 aliphatic rings. The van der Waals surface area contributed by atoms with Gasteiger partial charge in [-0.2, -0.15) is 4.74 Å². The van der Waals surface area contributed by atoms with Crippen molar-refractivity contribution in [2.75, 3.05) is 0 Å². The molecule has 3 heteroatoms. The Morgan fingerprint density at radius 1 is 0.727 bits per heavy atom. The molecule has 3 aromatic rings. The second-order valence-electron chi connectivity index (χ2n) is 4.92. The van der Waals surface area contributed by atoms with Crippen molar-refractivity contribution in [1.29, 1.82) is 0 Å². The summed E-state index contributed by atoms with van der Waals surface area (Å²) in [5.74, 6) is 0. The molecule has 0 heterocycles. The summed E-state index contributed by atoms with van der Waals surface area (Å²) in [7, 11) is 0. The van der Waals surface area contributed by atoms with Gasteiger partial charge in [-0.25, -0.2) is 0 Å². The van der Waals surface area contributed by atoms with Crippen LogP contribution in [0.5, 0.6) is 0 Å². The van der Waals surface area contributed by atoms with Gasteiger partial charge in [-0.05, 0) is 35.4 Å². The van der Waals surface area contributed by atoms with Crippen molar-refractivity contribution in [1.82, 2.24) is 0 Å². The highest BCUT2D eigenvalue weighted by molar-refractivity contribution is 6.30. The predicted molar refractivity (Wildman–Crippen MR) is 91.8 cm³/mol. The lowest BCUT2D eigenvalue weighted by Gasteiger charge is -2.04. The molecule has 0 saturated carbocycles. The predicted octanol–water partition coefficient (Wildman–Crippen LogP) is 5.27. The van der Waals surface area contributed by atoms with Crippen molar-refractivity contribution in [3.63, 3.8) is 0 Å². The number of hydrogen-bond donors (Lipinski definition) is 0. The molecule has 0 N–H and O–H groups in total. The van der Waals surface area contributed by atoms with Gasteiger partial charge in [0.15, 0.2) is 6.21 Å². The Labute approximate surface area is 134 Å². The van der Waals surface area contributed by atoms with Crippen LogP contribution in [0.1, 0.15) is 5.56 Å². The molecule has 0 radical (unpaired) electrons. The van der Waals surface area contributed by atoms with Crippen LogP contribution >= 0.6 is 11.6 Å². The SMILES string of the molecule is [O-]/[N+](=C/c1ccc(-c2ccccc2)cc1)c1ccc(Cl)cc1. The van der Waals surface area contributed by atoms with Crippen LogP contribution in [-0.2, 0) is 0 Å². The first-order chi connectivity index (χ1) is 10.7. The van der Waals surface area contributed by atoms with E-state index in [1.807, 2.05) is 42.5 Å². The number of hydrogen-bond acceptors (Lipinski definition) is 1. The summed E-state index contributed by atoms with van der Waals surface area (Å²) in [6.07, 6.45) is 1.55. The smallest absolute Gasteiger partial charge is 0.216 e. The van der Waals surface area contributed by atoms with Gasteiger partial charge in [0.05, 0.1) is 0 Å². The summed E-state index contributed by atoms with van der Waals surface area (Å²) in [5, 5.41) is 12.7. The van der Waals surface area contributed by atoms with Crippen molar-refractivity contribution < 1.29 is 4.74 Å². The first-order valence-corrected chi connectivity index (χ1v) is 7.32. The quantitative estimate of drug-likeness (QED) is 0.280. The number of rotatable bonds is 3. The van der Waals surface area contributed by atoms with Crippen LogP contribution in [0.4, 0.5) is 5.69 Å². The minimum atomic E-state index is 0.552. The van der Waals surface area contributed by atoms with E-state index >= 15 is 0 Å². The average molecular weight is 308 g/mol. The third-order valence-electron chi connectivity index (χ3n) is 3.37. The van der Waals surface area contributed by atoms with E-state index in [0.717, 1.165) is 21.4 Å². The first-order valence-electron chi connectivity index (χ1n) is 6.95. The van der Waals surface area contributed by atoms with Crippen LogP contribution in [0.15, 0.2) is 78.9 Å². The molecular weight excluding hydrogens is 294 g/mol. The maximum atomic E-state index is 12.1. The number of nitrogens with zero attached hydrogens (tertiary/aromatic N) is 1. The van der Waals surface area contributed by atoms with E-state index in [1.54, 1.807) is 30.5 Å². The van der Waals surface area contributed by atoms with E-state index in [4.69, 9.17) is 11.6 Å². The van der Waals surface area contributed by atoms with Crippen LogP contribution in [0.2, 0.25) is 5.02 Å². The molecule has 0 saturated heterocycles. The highest BCUT2D eigenvalue weighted by atomic mass is 35.5. The standard InChI is InChI=1S/C19H14ClNO/c20-18-10-12-19(13-11-18)21(22)14-15-6-8-17(9-7-15)16-4-2-1-3-5-16/h1-14H/b21-14+. The van der Waals surface area contributed by atoms with Gasteiger partial charge in [0.1, 0.15) is 0 Å². The van der Waals surface area contributed by atoms with E-state index in [-0.39, 0.29) is 0 Å². The largest absolute Gasteiger partial charge is 0.618 e. The molecule has 0 aromatic heterocycles. The summed E-state index contributed by atoms with van der Waals surface area (Å²) in [4.78, 5) is 0. The second kappa shape index (κ2) is 6.46. The van der Waals surface area contributed by atoms with Gasteiger partial charge in [0, 0.05) is 22.7 Å². The number of halogens is 1. The van der Waals surface area contributed by atoms with Crippen molar-refractivity contribution >= 4 is 23.5 Å². The summed E-state index contributed by atoms with van der Waals surface area (Å²) in [5.41, 5.74) is 3.69. The molecule has 0 fully saturated rings. The van der Waals surface area contributed by atoms with E-state index < -0.39 is 0 Å². The lowest BCUT2D eigenvalue weighted by molar-refractivity contribution is -0.354. The Balaban J connectivity index is 1.84. The maximum Gasteiger partial charge on any atom is 0.216 e. The highest BCUT2D eigenvalue weighted by Gasteiger charge is 2.02. The first kappa shape index (κ1) is 14.4.